The second kappa shape index (κ2) is 13.0. The number of rotatable bonds is 10. The van der Waals surface area contributed by atoms with Crippen LogP contribution < -0.4 is 35.6 Å². The van der Waals surface area contributed by atoms with E-state index in [-0.39, 0.29) is 28.8 Å². The Morgan fingerprint density at radius 3 is 2.49 bits per heavy atom. The molecule has 1 aliphatic carbocycles. The van der Waals surface area contributed by atoms with E-state index in [4.69, 9.17) is 14.2 Å². The van der Waals surface area contributed by atoms with Crippen LogP contribution in [0.15, 0.2) is 40.6 Å². The monoisotopic (exact) mass is 580 g/mol. The summed E-state index contributed by atoms with van der Waals surface area (Å²) < 4.78 is 17.1. The molecule has 0 saturated carbocycles. The van der Waals surface area contributed by atoms with E-state index in [9.17, 15) is 14.4 Å². The molecule has 0 aliphatic heterocycles. The Kier molecular flexibility index (Phi) is 9.49. The van der Waals surface area contributed by atoms with E-state index in [0.29, 0.717) is 52.8 Å². The molecule has 11 heteroatoms. The van der Waals surface area contributed by atoms with Crippen molar-refractivity contribution in [3.8, 4) is 28.4 Å². The number of benzene rings is 1. The van der Waals surface area contributed by atoms with Crippen molar-refractivity contribution in [3.63, 3.8) is 0 Å². The van der Waals surface area contributed by atoms with Crippen molar-refractivity contribution >= 4 is 34.0 Å². The van der Waals surface area contributed by atoms with Gasteiger partial charge < -0.3 is 30.2 Å². The number of amides is 2. The molecule has 1 aliphatic rings. The van der Waals surface area contributed by atoms with Gasteiger partial charge in [-0.05, 0) is 53.6 Å². The van der Waals surface area contributed by atoms with Crippen LogP contribution in [0.5, 0.6) is 17.2 Å². The zero-order valence-electron chi connectivity index (χ0n) is 24.1. The second-order valence-corrected chi connectivity index (χ2v) is 10.8. The molecule has 0 fully saturated rings. The first-order valence-corrected chi connectivity index (χ1v) is 14.3. The van der Waals surface area contributed by atoms with Crippen LogP contribution in [0.2, 0.25) is 0 Å². The maximum absolute atomic E-state index is 13.7. The summed E-state index contributed by atoms with van der Waals surface area (Å²) in [6.45, 7) is 5.40. The third-order valence-corrected chi connectivity index (χ3v) is 8.07. The Morgan fingerprint density at radius 2 is 1.88 bits per heavy atom. The van der Waals surface area contributed by atoms with Crippen LogP contribution in [0.4, 0.5) is 10.8 Å². The lowest BCUT2D eigenvalue weighted by Crippen LogP contribution is -2.40. The molecule has 0 unspecified atom stereocenters. The number of aromatic nitrogens is 1. The standard InChI is InChI=1S/C30H36N4O6S/c1-7-16(2)26(29(37)34-30-31-12-13-41-30)33-22-11-9-19-20(15-23(22)36)21(32-17(3)35)10-8-18-14-24(38-4)27(39-5)28(40-6)25(18)19/h9,11-16,21,26H,7-8,10H2,1-6H3,(H,32,35)(H,33,36)(H,31,34,37)/t16-,21+,26+/m1/s1. The van der Waals surface area contributed by atoms with Gasteiger partial charge in [-0.1, -0.05) is 26.3 Å². The van der Waals surface area contributed by atoms with Gasteiger partial charge in [-0.25, -0.2) is 4.98 Å². The summed E-state index contributed by atoms with van der Waals surface area (Å²) in [5.41, 5.74) is 3.01. The Labute approximate surface area is 243 Å². The highest BCUT2D eigenvalue weighted by Gasteiger charge is 2.30. The topological polar surface area (TPSA) is 128 Å². The van der Waals surface area contributed by atoms with Crippen LogP contribution in [0, 0.1) is 5.92 Å². The number of carbonyl (C=O) groups excluding carboxylic acids is 2. The molecule has 3 atom stereocenters. The molecule has 3 aromatic rings. The van der Waals surface area contributed by atoms with Gasteiger partial charge in [0.1, 0.15) is 6.04 Å². The SMILES string of the molecule is CC[C@@H](C)[C@H](Nc1ccc2c(cc1=O)[C@@H](NC(C)=O)CCc1cc(OC)c(OC)c(OC)c1-2)C(=O)Nc1nccs1. The summed E-state index contributed by atoms with van der Waals surface area (Å²) in [4.78, 5) is 43.3. The maximum Gasteiger partial charge on any atom is 0.248 e. The average molecular weight is 581 g/mol. The van der Waals surface area contributed by atoms with Crippen molar-refractivity contribution in [1.29, 1.82) is 0 Å². The summed E-state index contributed by atoms with van der Waals surface area (Å²) in [5.74, 6) is 0.865. The number of anilines is 2. The van der Waals surface area contributed by atoms with E-state index in [1.54, 1.807) is 39.0 Å². The van der Waals surface area contributed by atoms with Gasteiger partial charge in [-0.3, -0.25) is 14.4 Å². The highest BCUT2D eigenvalue weighted by molar-refractivity contribution is 7.13. The highest BCUT2D eigenvalue weighted by atomic mass is 32.1. The molecule has 218 valence electrons. The molecule has 3 N–H and O–H groups in total. The second-order valence-electron chi connectivity index (χ2n) is 9.93. The molecular formula is C30H36N4O6S. The zero-order valence-corrected chi connectivity index (χ0v) is 24.9. The highest BCUT2D eigenvalue weighted by Crippen LogP contribution is 2.50. The van der Waals surface area contributed by atoms with Crippen molar-refractivity contribution in [3.05, 3.63) is 57.2 Å². The minimum Gasteiger partial charge on any atom is -0.493 e. The number of fused-ring (bicyclic) bond motifs is 3. The molecule has 2 amide bonds. The number of thiazole rings is 1. The van der Waals surface area contributed by atoms with Gasteiger partial charge in [0.15, 0.2) is 16.6 Å². The van der Waals surface area contributed by atoms with Gasteiger partial charge in [0.2, 0.25) is 23.0 Å². The number of carbonyl (C=O) groups is 2. The largest absolute Gasteiger partial charge is 0.493 e. The molecule has 10 nitrogen and oxygen atoms in total. The van der Waals surface area contributed by atoms with E-state index in [2.05, 4.69) is 20.9 Å². The zero-order chi connectivity index (χ0) is 29.7. The van der Waals surface area contributed by atoms with Gasteiger partial charge in [-0.2, -0.15) is 0 Å². The smallest absolute Gasteiger partial charge is 0.248 e. The van der Waals surface area contributed by atoms with Crippen molar-refractivity contribution in [2.75, 3.05) is 32.0 Å². The lowest BCUT2D eigenvalue weighted by molar-refractivity contribution is -0.120. The molecule has 0 radical (unpaired) electrons. The number of nitrogens with zero attached hydrogens (tertiary/aromatic N) is 1. The Morgan fingerprint density at radius 1 is 1.12 bits per heavy atom. The first kappa shape index (κ1) is 29.9. The van der Waals surface area contributed by atoms with E-state index in [1.807, 2.05) is 26.0 Å². The summed E-state index contributed by atoms with van der Waals surface area (Å²) in [6.07, 6.45) is 3.48. The number of methoxy groups -OCH3 is 3. The molecule has 0 bridgehead atoms. The van der Waals surface area contributed by atoms with Crippen molar-refractivity contribution in [2.45, 2.75) is 52.1 Å². The van der Waals surface area contributed by atoms with E-state index in [0.717, 1.165) is 11.1 Å². The molecule has 4 rings (SSSR count). The van der Waals surface area contributed by atoms with Crippen molar-refractivity contribution in [1.82, 2.24) is 10.3 Å². The lowest BCUT2D eigenvalue weighted by atomic mass is 9.95. The van der Waals surface area contributed by atoms with Crippen LogP contribution in [0.25, 0.3) is 11.1 Å². The third-order valence-electron chi connectivity index (χ3n) is 7.38. The Hall–Kier alpha value is -4.12. The minimum absolute atomic E-state index is 0.0811. The normalized spacial score (nSPS) is 15.3. The fraction of sp³-hybridized carbons (Fsp3) is 0.400. The van der Waals surface area contributed by atoms with Gasteiger partial charge in [0.05, 0.1) is 33.1 Å². The Balaban J connectivity index is 1.88. The summed E-state index contributed by atoms with van der Waals surface area (Å²) in [5, 5.41) is 11.3. The molecule has 41 heavy (non-hydrogen) atoms. The lowest BCUT2D eigenvalue weighted by Gasteiger charge is -2.23. The summed E-state index contributed by atoms with van der Waals surface area (Å²) in [6, 6.07) is 5.85. The molecule has 0 spiro atoms. The maximum atomic E-state index is 13.7. The predicted octanol–water partition coefficient (Wildman–Crippen LogP) is 4.78. The fourth-order valence-electron chi connectivity index (χ4n) is 5.16. The number of hydrogen-bond donors (Lipinski definition) is 3. The van der Waals surface area contributed by atoms with Crippen molar-refractivity contribution < 1.29 is 23.8 Å². The quantitative estimate of drug-likeness (QED) is 0.313. The van der Waals surface area contributed by atoms with E-state index < -0.39 is 12.1 Å². The summed E-state index contributed by atoms with van der Waals surface area (Å²) >= 11 is 1.32. The molecule has 1 heterocycles. The number of ether oxygens (including phenoxy) is 3. The third kappa shape index (κ3) is 6.30. The molecule has 2 aromatic carbocycles. The molecule has 1 aromatic heterocycles. The average Bonchev–Trinajstić information content (AvgIpc) is 3.36. The number of nitrogens with one attached hydrogen (secondary N) is 3. The first-order valence-electron chi connectivity index (χ1n) is 13.5. The van der Waals surface area contributed by atoms with Crippen LogP contribution in [-0.4, -0.2) is 44.2 Å². The summed E-state index contributed by atoms with van der Waals surface area (Å²) in [7, 11) is 4.66. The van der Waals surface area contributed by atoms with E-state index >= 15 is 0 Å². The Bertz CT molecular complexity index is 1480. The van der Waals surface area contributed by atoms with Crippen LogP contribution in [0.3, 0.4) is 0 Å². The fourth-order valence-corrected chi connectivity index (χ4v) is 5.70. The van der Waals surface area contributed by atoms with Crippen LogP contribution in [-0.2, 0) is 16.0 Å². The molecular weight excluding hydrogens is 544 g/mol. The number of aryl methyl sites for hydroxylation is 1. The van der Waals surface area contributed by atoms with E-state index in [1.165, 1.54) is 24.3 Å². The predicted molar refractivity (Wildman–Crippen MR) is 160 cm³/mol. The molecule has 0 saturated heterocycles. The van der Waals surface area contributed by atoms with Gasteiger partial charge in [0, 0.05) is 24.1 Å². The van der Waals surface area contributed by atoms with Gasteiger partial charge in [0.25, 0.3) is 0 Å². The van der Waals surface area contributed by atoms with Gasteiger partial charge >= 0.3 is 0 Å². The minimum atomic E-state index is -0.684. The van der Waals surface area contributed by atoms with Crippen molar-refractivity contribution in [2.24, 2.45) is 5.92 Å². The van der Waals surface area contributed by atoms with Gasteiger partial charge in [-0.15, -0.1) is 11.3 Å². The first-order chi connectivity index (χ1) is 19.7. The van der Waals surface area contributed by atoms with Crippen LogP contribution in [0.1, 0.15) is 50.8 Å². The van der Waals surface area contributed by atoms with Crippen LogP contribution >= 0.6 is 11.3 Å². The number of hydrogen-bond acceptors (Lipinski definition) is 9.